The molecule has 0 aromatic heterocycles. The third kappa shape index (κ3) is 3.92. The number of hydrogen-bond donors (Lipinski definition) is 1. The summed E-state index contributed by atoms with van der Waals surface area (Å²) in [4.78, 5) is 24.4. The molecule has 2 unspecified atom stereocenters. The minimum Gasteiger partial charge on any atom is -0.481 e. The molecule has 0 radical (unpaired) electrons. The molecule has 0 aromatic carbocycles. The molecule has 6 nitrogen and oxygen atoms in total. The molecule has 1 aliphatic heterocycles. The lowest BCUT2D eigenvalue weighted by Crippen LogP contribution is -2.47. The molecule has 0 saturated carbocycles. The molecule has 0 aromatic rings. The summed E-state index contributed by atoms with van der Waals surface area (Å²) in [7, 11) is -3.37. The van der Waals surface area contributed by atoms with Crippen LogP contribution in [0.25, 0.3) is 0 Å². The normalized spacial score (nSPS) is 23.6. The second-order valence-electron chi connectivity index (χ2n) is 4.97. The van der Waals surface area contributed by atoms with Gasteiger partial charge in [-0.05, 0) is 19.8 Å². The predicted octanol–water partition coefficient (Wildman–Crippen LogP) is 0.523. The van der Waals surface area contributed by atoms with Gasteiger partial charge in [0, 0.05) is 13.1 Å². The number of amides is 1. The van der Waals surface area contributed by atoms with Crippen LogP contribution in [0.4, 0.5) is 0 Å². The highest BCUT2D eigenvalue weighted by Crippen LogP contribution is 2.21. The highest BCUT2D eigenvalue weighted by Gasteiger charge is 2.37. The molecule has 1 fully saturated rings. The van der Waals surface area contributed by atoms with Crippen molar-refractivity contribution in [1.82, 2.24) is 4.90 Å². The Hall–Kier alpha value is -1.11. The average Bonchev–Trinajstić information content (AvgIpc) is 2.34. The Bertz CT molecular complexity index is 445. The zero-order chi connectivity index (χ0) is 14.6. The van der Waals surface area contributed by atoms with Crippen molar-refractivity contribution in [2.24, 2.45) is 5.92 Å². The van der Waals surface area contributed by atoms with Gasteiger partial charge in [0.05, 0.1) is 11.7 Å². The van der Waals surface area contributed by atoms with Crippen molar-refractivity contribution in [2.75, 3.05) is 18.8 Å². The lowest BCUT2D eigenvalue weighted by molar-refractivity contribution is -0.143. The van der Waals surface area contributed by atoms with Crippen molar-refractivity contribution in [1.29, 1.82) is 0 Å². The Morgan fingerprint density at radius 3 is 2.47 bits per heavy atom. The number of carbonyl (C=O) groups excluding carboxylic acids is 1. The van der Waals surface area contributed by atoms with Crippen LogP contribution in [0.1, 0.15) is 33.1 Å². The summed E-state index contributed by atoms with van der Waals surface area (Å²) in [6.07, 6.45) is 1.67. The van der Waals surface area contributed by atoms with Gasteiger partial charge in [-0.2, -0.15) is 0 Å². The Morgan fingerprint density at radius 2 is 2.00 bits per heavy atom. The minimum absolute atomic E-state index is 0.0510. The SMILES string of the molecule is CCN(CC(C)C(=O)O)C(=O)C1CCCCS1(=O)=O. The van der Waals surface area contributed by atoms with Gasteiger partial charge in [0.15, 0.2) is 9.84 Å². The van der Waals surface area contributed by atoms with Crippen molar-refractivity contribution in [3.63, 3.8) is 0 Å². The van der Waals surface area contributed by atoms with Gasteiger partial charge >= 0.3 is 5.97 Å². The van der Waals surface area contributed by atoms with Crippen LogP contribution in [-0.4, -0.2) is 54.4 Å². The van der Waals surface area contributed by atoms with Crippen molar-refractivity contribution >= 4 is 21.7 Å². The molecular weight excluding hydrogens is 270 g/mol. The van der Waals surface area contributed by atoms with Gasteiger partial charge in [-0.1, -0.05) is 13.3 Å². The van der Waals surface area contributed by atoms with E-state index >= 15 is 0 Å². The molecule has 19 heavy (non-hydrogen) atoms. The number of sulfone groups is 1. The third-order valence-electron chi connectivity index (χ3n) is 3.46. The summed E-state index contributed by atoms with van der Waals surface area (Å²) in [6, 6.07) is 0. The Kier molecular flexibility index (Phi) is 5.34. The van der Waals surface area contributed by atoms with Crippen LogP contribution in [0, 0.1) is 5.92 Å². The first-order valence-corrected chi connectivity index (χ1v) is 8.24. The van der Waals surface area contributed by atoms with E-state index in [-0.39, 0.29) is 12.3 Å². The van der Waals surface area contributed by atoms with Gasteiger partial charge in [-0.3, -0.25) is 9.59 Å². The van der Waals surface area contributed by atoms with Gasteiger partial charge in [-0.25, -0.2) is 8.42 Å². The first-order valence-electron chi connectivity index (χ1n) is 6.52. The summed E-state index contributed by atoms with van der Waals surface area (Å²) in [5, 5.41) is 7.88. The molecule has 1 saturated heterocycles. The van der Waals surface area contributed by atoms with Gasteiger partial charge in [0.25, 0.3) is 0 Å². The van der Waals surface area contributed by atoms with Crippen molar-refractivity contribution in [2.45, 2.75) is 38.4 Å². The van der Waals surface area contributed by atoms with Crippen LogP contribution in [0.3, 0.4) is 0 Å². The number of nitrogens with zero attached hydrogens (tertiary/aromatic N) is 1. The predicted molar refractivity (Wildman–Crippen MR) is 70.5 cm³/mol. The molecule has 1 heterocycles. The Labute approximate surface area is 113 Å². The third-order valence-corrected chi connectivity index (χ3v) is 5.63. The fourth-order valence-electron chi connectivity index (χ4n) is 2.22. The van der Waals surface area contributed by atoms with E-state index in [0.29, 0.717) is 19.4 Å². The van der Waals surface area contributed by atoms with Crippen LogP contribution in [0.2, 0.25) is 0 Å². The number of carbonyl (C=O) groups is 2. The fraction of sp³-hybridized carbons (Fsp3) is 0.833. The smallest absolute Gasteiger partial charge is 0.308 e. The van der Waals surface area contributed by atoms with E-state index in [1.807, 2.05) is 0 Å². The van der Waals surface area contributed by atoms with Crippen LogP contribution < -0.4 is 0 Å². The molecule has 7 heteroatoms. The van der Waals surface area contributed by atoms with E-state index < -0.39 is 32.9 Å². The van der Waals surface area contributed by atoms with Gasteiger partial charge in [0.2, 0.25) is 5.91 Å². The van der Waals surface area contributed by atoms with Gasteiger partial charge in [-0.15, -0.1) is 0 Å². The molecular formula is C12H21NO5S. The van der Waals surface area contributed by atoms with Gasteiger partial charge < -0.3 is 10.0 Å². The number of hydrogen-bond acceptors (Lipinski definition) is 4. The minimum atomic E-state index is -3.37. The largest absolute Gasteiger partial charge is 0.481 e. The van der Waals surface area contributed by atoms with E-state index in [9.17, 15) is 18.0 Å². The van der Waals surface area contributed by atoms with Crippen LogP contribution in [-0.2, 0) is 19.4 Å². The van der Waals surface area contributed by atoms with Crippen molar-refractivity contribution in [3.8, 4) is 0 Å². The van der Waals surface area contributed by atoms with Crippen LogP contribution >= 0.6 is 0 Å². The highest BCUT2D eigenvalue weighted by atomic mass is 32.2. The second kappa shape index (κ2) is 6.36. The maximum atomic E-state index is 12.3. The zero-order valence-corrected chi connectivity index (χ0v) is 12.1. The number of carboxylic acid groups (broad SMARTS) is 1. The standard InChI is InChI=1S/C12H21NO5S/c1-3-13(8-9(2)12(15)16)11(14)10-6-4-5-7-19(10,17)18/h9-10H,3-8H2,1-2H3,(H,15,16). The molecule has 0 spiro atoms. The zero-order valence-electron chi connectivity index (χ0n) is 11.3. The number of carboxylic acids is 1. The van der Waals surface area contributed by atoms with Crippen molar-refractivity contribution < 1.29 is 23.1 Å². The van der Waals surface area contributed by atoms with Gasteiger partial charge in [0.1, 0.15) is 5.25 Å². The lowest BCUT2D eigenvalue weighted by atomic mass is 10.1. The maximum absolute atomic E-state index is 12.3. The Balaban J connectivity index is 2.80. The van der Waals surface area contributed by atoms with E-state index in [4.69, 9.17) is 5.11 Å². The topological polar surface area (TPSA) is 91.8 Å². The number of aliphatic carboxylic acids is 1. The van der Waals surface area contributed by atoms with E-state index in [0.717, 1.165) is 6.42 Å². The molecule has 1 amide bonds. The summed E-state index contributed by atoms with van der Waals surface area (Å²) in [5.41, 5.74) is 0. The number of rotatable bonds is 5. The van der Waals surface area contributed by atoms with Crippen molar-refractivity contribution in [3.05, 3.63) is 0 Å². The molecule has 0 bridgehead atoms. The molecule has 1 N–H and O–H groups in total. The molecule has 0 aliphatic carbocycles. The summed E-state index contributed by atoms with van der Waals surface area (Å²) >= 11 is 0. The summed E-state index contributed by atoms with van der Waals surface area (Å²) < 4.78 is 23.8. The monoisotopic (exact) mass is 291 g/mol. The second-order valence-corrected chi connectivity index (χ2v) is 7.27. The molecule has 1 aliphatic rings. The maximum Gasteiger partial charge on any atom is 0.308 e. The van der Waals surface area contributed by atoms with E-state index in [2.05, 4.69) is 0 Å². The average molecular weight is 291 g/mol. The van der Waals surface area contributed by atoms with E-state index in [1.54, 1.807) is 6.92 Å². The summed E-state index contributed by atoms with van der Waals surface area (Å²) in [6.45, 7) is 3.61. The first-order chi connectivity index (χ1) is 8.79. The quantitative estimate of drug-likeness (QED) is 0.797. The molecule has 110 valence electrons. The molecule has 1 rings (SSSR count). The fourth-order valence-corrected chi connectivity index (χ4v) is 4.09. The Morgan fingerprint density at radius 1 is 1.37 bits per heavy atom. The van der Waals surface area contributed by atoms with Crippen LogP contribution in [0.15, 0.2) is 0 Å². The summed E-state index contributed by atoms with van der Waals surface area (Å²) in [5.74, 6) is -2.08. The molecule has 2 atom stereocenters. The van der Waals surface area contributed by atoms with E-state index in [1.165, 1.54) is 11.8 Å². The first kappa shape index (κ1) is 15.9. The lowest BCUT2D eigenvalue weighted by Gasteiger charge is -2.29. The highest BCUT2D eigenvalue weighted by molar-refractivity contribution is 7.92. The van der Waals surface area contributed by atoms with Crippen LogP contribution in [0.5, 0.6) is 0 Å².